The van der Waals surface area contributed by atoms with Crippen LogP contribution in [0.2, 0.25) is 0 Å². The van der Waals surface area contributed by atoms with Crippen LogP contribution in [-0.2, 0) is 0 Å². The van der Waals surface area contributed by atoms with Crippen LogP contribution < -0.4 is 10.1 Å². The Balaban J connectivity index is 1.95. The second kappa shape index (κ2) is 3.03. The number of para-hydroxylation sites is 1. The molecule has 2 aromatic rings. The summed E-state index contributed by atoms with van der Waals surface area (Å²) < 4.78 is 5.81. The van der Waals surface area contributed by atoms with E-state index in [1.807, 2.05) is 18.3 Å². The van der Waals surface area contributed by atoms with Gasteiger partial charge in [0.2, 0.25) is 0 Å². The maximum Gasteiger partial charge on any atom is 0.145 e. The van der Waals surface area contributed by atoms with Crippen LogP contribution in [0.15, 0.2) is 30.5 Å². The molecule has 14 heavy (non-hydrogen) atoms. The maximum atomic E-state index is 5.81. The minimum absolute atomic E-state index is 0.342. The molecule has 1 aromatic carbocycles. The summed E-state index contributed by atoms with van der Waals surface area (Å²) in [6, 6.07) is 8.18. The Bertz CT molecular complexity index is 445. The highest BCUT2D eigenvalue weighted by Gasteiger charge is 2.19. The summed E-state index contributed by atoms with van der Waals surface area (Å²) in [5.74, 6) is 0.965. The van der Waals surface area contributed by atoms with Crippen molar-refractivity contribution in [3.05, 3.63) is 30.5 Å². The third kappa shape index (κ3) is 1.17. The van der Waals surface area contributed by atoms with Crippen molar-refractivity contribution in [3.8, 4) is 5.75 Å². The van der Waals surface area contributed by atoms with Crippen molar-refractivity contribution in [2.75, 3.05) is 13.1 Å². The molecule has 1 fully saturated rings. The fourth-order valence-electron chi connectivity index (χ4n) is 1.67. The first-order valence-electron chi connectivity index (χ1n) is 4.87. The van der Waals surface area contributed by atoms with Gasteiger partial charge >= 0.3 is 0 Å². The minimum atomic E-state index is 0.342. The van der Waals surface area contributed by atoms with Crippen LogP contribution in [0.5, 0.6) is 5.75 Å². The normalized spacial score (nSPS) is 16.9. The molecule has 0 saturated carbocycles. The summed E-state index contributed by atoms with van der Waals surface area (Å²) in [7, 11) is 0. The number of aromatic amines is 1. The smallest absolute Gasteiger partial charge is 0.145 e. The van der Waals surface area contributed by atoms with Crippen molar-refractivity contribution < 1.29 is 4.74 Å². The topological polar surface area (TPSA) is 37.0 Å². The van der Waals surface area contributed by atoms with E-state index in [0.29, 0.717) is 6.10 Å². The standard InChI is InChI=1S/C11H12N2O/c1-2-4-10-9(3-1)11(7-13-10)14-8-5-12-6-8/h1-4,7-8,12-13H,5-6H2. The van der Waals surface area contributed by atoms with Gasteiger partial charge in [0.05, 0.1) is 0 Å². The van der Waals surface area contributed by atoms with Crippen molar-refractivity contribution in [2.24, 2.45) is 0 Å². The second-order valence-electron chi connectivity index (χ2n) is 3.60. The lowest BCUT2D eigenvalue weighted by atomic mass is 10.2. The van der Waals surface area contributed by atoms with Crippen LogP contribution >= 0.6 is 0 Å². The molecule has 0 radical (unpaired) electrons. The number of rotatable bonds is 2. The van der Waals surface area contributed by atoms with Crippen LogP contribution in [-0.4, -0.2) is 24.2 Å². The van der Waals surface area contributed by atoms with Gasteiger partial charge in [-0.2, -0.15) is 0 Å². The molecule has 1 aliphatic heterocycles. The quantitative estimate of drug-likeness (QED) is 0.749. The number of nitrogens with one attached hydrogen (secondary N) is 2. The summed E-state index contributed by atoms with van der Waals surface area (Å²) in [6.07, 6.45) is 2.28. The Morgan fingerprint density at radius 2 is 2.07 bits per heavy atom. The van der Waals surface area contributed by atoms with Crippen LogP contribution in [0.4, 0.5) is 0 Å². The van der Waals surface area contributed by atoms with Crippen molar-refractivity contribution in [2.45, 2.75) is 6.10 Å². The van der Waals surface area contributed by atoms with Gasteiger partial charge in [-0.15, -0.1) is 0 Å². The molecule has 2 N–H and O–H groups in total. The van der Waals surface area contributed by atoms with Gasteiger partial charge in [0.1, 0.15) is 11.9 Å². The van der Waals surface area contributed by atoms with E-state index >= 15 is 0 Å². The summed E-state index contributed by atoms with van der Waals surface area (Å²) in [5, 5.41) is 4.35. The van der Waals surface area contributed by atoms with E-state index in [2.05, 4.69) is 22.4 Å². The molecule has 1 saturated heterocycles. The van der Waals surface area contributed by atoms with Gasteiger partial charge in [-0.1, -0.05) is 12.1 Å². The summed E-state index contributed by atoms with van der Waals surface area (Å²) in [4.78, 5) is 3.20. The highest BCUT2D eigenvalue weighted by Crippen LogP contribution is 2.26. The largest absolute Gasteiger partial charge is 0.486 e. The van der Waals surface area contributed by atoms with E-state index in [1.165, 1.54) is 5.39 Å². The zero-order valence-electron chi connectivity index (χ0n) is 7.79. The lowest BCUT2D eigenvalue weighted by Gasteiger charge is -2.27. The predicted molar refractivity (Wildman–Crippen MR) is 55.6 cm³/mol. The van der Waals surface area contributed by atoms with E-state index in [0.717, 1.165) is 24.4 Å². The number of H-pyrrole nitrogens is 1. The number of fused-ring (bicyclic) bond motifs is 1. The average molecular weight is 188 g/mol. The fraction of sp³-hybridized carbons (Fsp3) is 0.273. The van der Waals surface area contributed by atoms with E-state index in [-0.39, 0.29) is 0 Å². The van der Waals surface area contributed by atoms with Crippen LogP contribution in [0.1, 0.15) is 0 Å². The average Bonchev–Trinajstić information content (AvgIpc) is 2.55. The van der Waals surface area contributed by atoms with E-state index < -0.39 is 0 Å². The predicted octanol–water partition coefficient (Wildman–Crippen LogP) is 1.52. The Kier molecular flexibility index (Phi) is 1.70. The Hall–Kier alpha value is -1.48. The number of hydrogen-bond acceptors (Lipinski definition) is 2. The van der Waals surface area contributed by atoms with Gasteiger partial charge in [-0.3, -0.25) is 0 Å². The van der Waals surface area contributed by atoms with Gasteiger partial charge in [0.25, 0.3) is 0 Å². The molecule has 0 atom stereocenters. The maximum absolute atomic E-state index is 5.81. The molecule has 0 aliphatic carbocycles. The van der Waals surface area contributed by atoms with E-state index in [1.54, 1.807) is 0 Å². The monoisotopic (exact) mass is 188 g/mol. The van der Waals surface area contributed by atoms with Crippen LogP contribution in [0.3, 0.4) is 0 Å². The molecule has 1 aliphatic rings. The molecule has 72 valence electrons. The Morgan fingerprint density at radius 3 is 2.86 bits per heavy atom. The Labute approximate surface area is 82.1 Å². The van der Waals surface area contributed by atoms with Gasteiger partial charge in [-0.05, 0) is 12.1 Å². The molecule has 0 amide bonds. The van der Waals surface area contributed by atoms with Gasteiger partial charge in [-0.25, -0.2) is 0 Å². The zero-order chi connectivity index (χ0) is 9.38. The number of ether oxygens (including phenoxy) is 1. The van der Waals surface area contributed by atoms with Gasteiger partial charge in [0, 0.05) is 30.2 Å². The first kappa shape index (κ1) is 7.88. The number of hydrogen-bond donors (Lipinski definition) is 2. The molecule has 3 nitrogen and oxygen atoms in total. The van der Waals surface area contributed by atoms with Crippen LogP contribution in [0.25, 0.3) is 10.9 Å². The summed E-state index contributed by atoms with van der Waals surface area (Å²) in [5.41, 5.74) is 1.13. The Morgan fingerprint density at radius 1 is 1.21 bits per heavy atom. The van der Waals surface area contributed by atoms with E-state index in [9.17, 15) is 0 Å². The first-order valence-corrected chi connectivity index (χ1v) is 4.87. The molecule has 2 heterocycles. The number of aromatic nitrogens is 1. The second-order valence-corrected chi connectivity index (χ2v) is 3.60. The van der Waals surface area contributed by atoms with E-state index in [4.69, 9.17) is 4.74 Å². The fourth-order valence-corrected chi connectivity index (χ4v) is 1.67. The number of benzene rings is 1. The molecule has 0 unspecified atom stereocenters. The lowest BCUT2D eigenvalue weighted by Crippen LogP contribution is -2.50. The minimum Gasteiger partial charge on any atom is -0.486 e. The third-order valence-corrected chi connectivity index (χ3v) is 2.59. The van der Waals surface area contributed by atoms with Gasteiger partial charge < -0.3 is 15.0 Å². The van der Waals surface area contributed by atoms with Crippen LogP contribution in [0, 0.1) is 0 Å². The molecule has 1 aromatic heterocycles. The molecule has 3 rings (SSSR count). The summed E-state index contributed by atoms with van der Waals surface area (Å²) >= 11 is 0. The van der Waals surface area contributed by atoms with Crippen molar-refractivity contribution in [1.82, 2.24) is 10.3 Å². The third-order valence-electron chi connectivity index (χ3n) is 2.59. The van der Waals surface area contributed by atoms with Gasteiger partial charge in [0.15, 0.2) is 0 Å². The summed E-state index contributed by atoms with van der Waals surface area (Å²) in [6.45, 7) is 1.92. The van der Waals surface area contributed by atoms with Crippen molar-refractivity contribution in [1.29, 1.82) is 0 Å². The molecule has 0 spiro atoms. The highest BCUT2D eigenvalue weighted by atomic mass is 16.5. The lowest BCUT2D eigenvalue weighted by molar-refractivity contribution is 0.144. The molecule has 3 heteroatoms. The highest BCUT2D eigenvalue weighted by molar-refractivity contribution is 5.85. The van der Waals surface area contributed by atoms with Crippen molar-refractivity contribution in [3.63, 3.8) is 0 Å². The molecular formula is C11H12N2O. The molecule has 0 bridgehead atoms. The van der Waals surface area contributed by atoms with Crippen molar-refractivity contribution >= 4 is 10.9 Å². The molecular weight excluding hydrogens is 176 g/mol. The first-order chi connectivity index (χ1) is 6.93. The zero-order valence-corrected chi connectivity index (χ0v) is 7.79. The SMILES string of the molecule is c1ccc2c(OC3CNC3)c[nH]c2c1.